The largest absolute Gasteiger partial charge is 0.484 e. The van der Waals surface area contributed by atoms with Crippen LogP contribution in [0.2, 0.25) is 0 Å². The second kappa shape index (κ2) is 6.06. The fourth-order valence-electron chi connectivity index (χ4n) is 1.78. The summed E-state index contributed by atoms with van der Waals surface area (Å²) < 4.78 is 11.1. The minimum Gasteiger partial charge on any atom is -0.484 e. The average molecular weight is 281 g/mol. The van der Waals surface area contributed by atoms with E-state index >= 15 is 0 Å². The van der Waals surface area contributed by atoms with Gasteiger partial charge in [-0.25, -0.2) is 0 Å². The van der Waals surface area contributed by atoms with Gasteiger partial charge < -0.3 is 9.15 Å². The van der Waals surface area contributed by atoms with Crippen LogP contribution in [0.5, 0.6) is 5.75 Å². The molecule has 0 aliphatic carbocycles. The lowest BCUT2D eigenvalue weighted by Gasteiger charge is -2.13. The summed E-state index contributed by atoms with van der Waals surface area (Å²) in [6.07, 6.45) is 0. The van der Waals surface area contributed by atoms with Crippen LogP contribution in [-0.4, -0.2) is 10.2 Å². The first-order valence-electron chi connectivity index (χ1n) is 6.20. The lowest BCUT2D eigenvalue weighted by Crippen LogP contribution is -2.00. The lowest BCUT2D eigenvalue weighted by molar-refractivity contribution is 0.257. The van der Waals surface area contributed by atoms with E-state index in [-0.39, 0.29) is 12.5 Å². The zero-order valence-corrected chi connectivity index (χ0v) is 12.1. The monoisotopic (exact) mass is 280 g/mol. The SMILES string of the molecule is Cc1ccc(C(C)C)c(OCc2nnc(CCl)o2)c1. The van der Waals surface area contributed by atoms with Crippen LogP contribution in [0.4, 0.5) is 0 Å². The van der Waals surface area contributed by atoms with Gasteiger partial charge in [-0.15, -0.1) is 21.8 Å². The van der Waals surface area contributed by atoms with Crippen LogP contribution in [0.3, 0.4) is 0 Å². The number of hydrogen-bond acceptors (Lipinski definition) is 4. The molecular formula is C14H17ClN2O2. The number of nitrogens with zero attached hydrogens (tertiary/aromatic N) is 2. The second-order valence-corrected chi connectivity index (χ2v) is 4.98. The molecule has 1 aromatic heterocycles. The summed E-state index contributed by atoms with van der Waals surface area (Å²) in [5.74, 6) is 2.33. The van der Waals surface area contributed by atoms with Gasteiger partial charge in [-0.1, -0.05) is 26.0 Å². The molecule has 0 unspecified atom stereocenters. The van der Waals surface area contributed by atoms with Crippen LogP contribution >= 0.6 is 11.6 Å². The van der Waals surface area contributed by atoms with Crippen molar-refractivity contribution < 1.29 is 9.15 Å². The lowest BCUT2D eigenvalue weighted by atomic mass is 10.0. The van der Waals surface area contributed by atoms with E-state index in [2.05, 4.69) is 36.2 Å². The van der Waals surface area contributed by atoms with E-state index in [1.165, 1.54) is 5.56 Å². The molecule has 4 nitrogen and oxygen atoms in total. The maximum atomic E-state index is 5.78. The Bertz CT molecular complexity index is 552. The number of ether oxygens (including phenoxy) is 1. The van der Waals surface area contributed by atoms with E-state index in [0.717, 1.165) is 11.3 Å². The number of halogens is 1. The van der Waals surface area contributed by atoms with Crippen molar-refractivity contribution in [2.24, 2.45) is 0 Å². The van der Waals surface area contributed by atoms with E-state index in [1.807, 2.05) is 13.0 Å². The molecule has 0 amide bonds. The van der Waals surface area contributed by atoms with Crippen LogP contribution in [0.15, 0.2) is 22.6 Å². The molecule has 0 N–H and O–H groups in total. The number of alkyl halides is 1. The number of rotatable bonds is 5. The molecule has 0 saturated heterocycles. The van der Waals surface area contributed by atoms with Crippen LogP contribution in [0, 0.1) is 6.92 Å². The summed E-state index contributed by atoms with van der Waals surface area (Å²) in [5.41, 5.74) is 2.33. The predicted octanol–water partition coefficient (Wildman–Crippen LogP) is 3.82. The number of aryl methyl sites for hydroxylation is 1. The van der Waals surface area contributed by atoms with Gasteiger partial charge in [-0.2, -0.15) is 0 Å². The minimum atomic E-state index is 0.217. The van der Waals surface area contributed by atoms with E-state index in [4.69, 9.17) is 20.8 Å². The molecule has 2 aromatic rings. The fourth-order valence-corrected chi connectivity index (χ4v) is 1.89. The van der Waals surface area contributed by atoms with Gasteiger partial charge >= 0.3 is 0 Å². The number of aromatic nitrogens is 2. The summed E-state index contributed by atoms with van der Waals surface area (Å²) in [4.78, 5) is 0. The van der Waals surface area contributed by atoms with Crippen molar-refractivity contribution in [3.63, 3.8) is 0 Å². The first-order chi connectivity index (χ1) is 9.10. The van der Waals surface area contributed by atoms with Crippen molar-refractivity contribution in [3.8, 4) is 5.75 Å². The Morgan fingerprint density at radius 2 is 2.00 bits per heavy atom. The topological polar surface area (TPSA) is 48.2 Å². The Kier molecular flexibility index (Phi) is 4.43. The van der Waals surface area contributed by atoms with E-state index in [1.54, 1.807) is 0 Å². The zero-order chi connectivity index (χ0) is 13.8. The van der Waals surface area contributed by atoms with Crippen LogP contribution < -0.4 is 4.74 Å². The Morgan fingerprint density at radius 3 is 2.63 bits per heavy atom. The van der Waals surface area contributed by atoms with Gasteiger partial charge in [0.05, 0.1) is 0 Å². The third kappa shape index (κ3) is 3.47. The van der Waals surface area contributed by atoms with Gasteiger partial charge in [-0.3, -0.25) is 0 Å². The van der Waals surface area contributed by atoms with Crippen LogP contribution in [0.25, 0.3) is 0 Å². The Morgan fingerprint density at radius 1 is 1.26 bits per heavy atom. The van der Waals surface area contributed by atoms with Crippen molar-refractivity contribution in [1.29, 1.82) is 0 Å². The van der Waals surface area contributed by atoms with Crippen molar-refractivity contribution in [3.05, 3.63) is 41.1 Å². The molecule has 102 valence electrons. The smallest absolute Gasteiger partial charge is 0.253 e. The van der Waals surface area contributed by atoms with Gasteiger partial charge in [0.1, 0.15) is 11.6 Å². The van der Waals surface area contributed by atoms with Crippen molar-refractivity contribution in [2.45, 2.75) is 39.2 Å². The highest BCUT2D eigenvalue weighted by molar-refractivity contribution is 6.16. The standard InChI is InChI=1S/C14H17ClN2O2/c1-9(2)11-5-4-10(3)6-12(11)18-8-14-17-16-13(7-15)19-14/h4-6,9H,7-8H2,1-3H3. The number of hydrogen-bond donors (Lipinski definition) is 0. The van der Waals surface area contributed by atoms with Crippen LogP contribution in [0.1, 0.15) is 42.7 Å². The summed E-state index contributed by atoms with van der Waals surface area (Å²) in [6.45, 7) is 6.56. The molecule has 5 heteroatoms. The van der Waals surface area contributed by atoms with Crippen molar-refractivity contribution >= 4 is 11.6 Å². The molecule has 0 aliphatic heterocycles. The summed E-state index contributed by atoms with van der Waals surface area (Å²) in [6, 6.07) is 6.20. The molecule has 19 heavy (non-hydrogen) atoms. The van der Waals surface area contributed by atoms with Gasteiger partial charge in [0.2, 0.25) is 5.89 Å². The molecular weight excluding hydrogens is 264 g/mol. The molecule has 0 saturated carbocycles. The average Bonchev–Trinajstić information content (AvgIpc) is 2.84. The molecule has 0 radical (unpaired) electrons. The van der Waals surface area contributed by atoms with E-state index in [9.17, 15) is 0 Å². The summed E-state index contributed by atoms with van der Waals surface area (Å²) >= 11 is 5.61. The normalized spacial score (nSPS) is 11.0. The first kappa shape index (κ1) is 13.9. The molecule has 0 bridgehead atoms. The van der Waals surface area contributed by atoms with Gasteiger partial charge in [0.25, 0.3) is 5.89 Å². The third-order valence-electron chi connectivity index (χ3n) is 2.77. The molecule has 0 fully saturated rings. The Hall–Kier alpha value is -1.55. The molecule has 2 rings (SSSR count). The third-order valence-corrected chi connectivity index (χ3v) is 2.99. The van der Waals surface area contributed by atoms with Gasteiger partial charge in [0, 0.05) is 0 Å². The van der Waals surface area contributed by atoms with E-state index in [0.29, 0.717) is 17.7 Å². The van der Waals surface area contributed by atoms with Crippen molar-refractivity contribution in [2.75, 3.05) is 0 Å². The number of benzene rings is 1. The van der Waals surface area contributed by atoms with Gasteiger partial charge in [0.15, 0.2) is 6.61 Å². The Labute approximate surface area is 117 Å². The zero-order valence-electron chi connectivity index (χ0n) is 11.3. The van der Waals surface area contributed by atoms with Crippen molar-refractivity contribution in [1.82, 2.24) is 10.2 Å². The molecule has 0 aliphatic rings. The van der Waals surface area contributed by atoms with Crippen LogP contribution in [-0.2, 0) is 12.5 Å². The highest BCUT2D eigenvalue weighted by Gasteiger charge is 2.10. The highest BCUT2D eigenvalue weighted by atomic mass is 35.5. The molecule has 0 atom stereocenters. The molecule has 0 spiro atoms. The predicted molar refractivity (Wildman–Crippen MR) is 73.5 cm³/mol. The molecule has 1 heterocycles. The first-order valence-corrected chi connectivity index (χ1v) is 6.74. The minimum absolute atomic E-state index is 0.217. The maximum absolute atomic E-state index is 5.78. The second-order valence-electron chi connectivity index (χ2n) is 4.71. The highest BCUT2D eigenvalue weighted by Crippen LogP contribution is 2.28. The fraction of sp³-hybridized carbons (Fsp3) is 0.429. The molecule has 1 aromatic carbocycles. The maximum Gasteiger partial charge on any atom is 0.253 e. The summed E-state index contributed by atoms with van der Waals surface area (Å²) in [5, 5.41) is 7.67. The summed E-state index contributed by atoms with van der Waals surface area (Å²) in [7, 11) is 0. The Balaban J connectivity index is 2.12. The quantitative estimate of drug-likeness (QED) is 0.781. The van der Waals surface area contributed by atoms with E-state index < -0.39 is 0 Å². The van der Waals surface area contributed by atoms with Gasteiger partial charge in [-0.05, 0) is 30.0 Å².